The van der Waals surface area contributed by atoms with Crippen LogP contribution in [0.2, 0.25) is 5.02 Å². The fourth-order valence-corrected chi connectivity index (χ4v) is 3.05. The quantitative estimate of drug-likeness (QED) is 0.304. The molecule has 6 heteroatoms. The van der Waals surface area contributed by atoms with Crippen molar-refractivity contribution in [3.8, 4) is 0 Å². The average Bonchev–Trinajstić information content (AvgIpc) is 2.79. The fourth-order valence-electron chi connectivity index (χ4n) is 2.81. The number of hydrogen-bond donors (Lipinski definition) is 0. The number of carbonyl (C=O) groups is 3. The number of ether oxygens (including phenoxy) is 2. The van der Waals surface area contributed by atoms with Crippen LogP contribution in [0.15, 0.2) is 84.9 Å². The molecule has 0 aromatic heterocycles. The highest BCUT2D eigenvalue weighted by Gasteiger charge is 2.37. The molecule has 0 aliphatic rings. The maximum Gasteiger partial charge on any atom is 0.376 e. The number of ketones is 1. The van der Waals surface area contributed by atoms with Gasteiger partial charge in [-0.1, -0.05) is 90.5 Å². The van der Waals surface area contributed by atoms with E-state index < -0.39 is 23.6 Å². The van der Waals surface area contributed by atoms with Crippen molar-refractivity contribution in [2.75, 3.05) is 0 Å². The highest BCUT2D eigenvalue weighted by molar-refractivity contribution is 6.41. The lowest BCUT2D eigenvalue weighted by Gasteiger charge is -2.16. The van der Waals surface area contributed by atoms with Crippen LogP contribution in [0, 0.1) is 0 Å². The van der Waals surface area contributed by atoms with Gasteiger partial charge in [-0.3, -0.25) is 9.59 Å². The largest absolute Gasteiger partial charge is 0.460 e. The Morgan fingerprint density at radius 1 is 0.700 bits per heavy atom. The summed E-state index contributed by atoms with van der Waals surface area (Å²) in [6.45, 7) is -0.118. The van der Waals surface area contributed by atoms with Crippen LogP contribution in [0.5, 0.6) is 0 Å². The molecule has 3 aromatic carbocycles. The van der Waals surface area contributed by atoms with Crippen LogP contribution < -0.4 is 0 Å². The Kier molecular flexibility index (Phi) is 7.35. The van der Waals surface area contributed by atoms with Crippen molar-refractivity contribution in [2.24, 2.45) is 0 Å². The topological polar surface area (TPSA) is 69.7 Å². The molecule has 0 N–H and O–H groups in total. The van der Waals surface area contributed by atoms with E-state index in [4.69, 9.17) is 21.1 Å². The molecule has 3 aromatic rings. The van der Waals surface area contributed by atoms with Crippen LogP contribution in [0.25, 0.3) is 0 Å². The summed E-state index contributed by atoms with van der Waals surface area (Å²) in [4.78, 5) is 38.0. The van der Waals surface area contributed by atoms with Gasteiger partial charge in [0.05, 0.1) is 0 Å². The second kappa shape index (κ2) is 10.4. The lowest BCUT2D eigenvalue weighted by atomic mass is 9.94. The summed E-state index contributed by atoms with van der Waals surface area (Å²) < 4.78 is 10.4. The molecule has 0 fully saturated rings. The molecule has 3 rings (SSSR count). The summed E-state index contributed by atoms with van der Waals surface area (Å²) in [7, 11) is 0. The first kappa shape index (κ1) is 21.3. The molecule has 0 unspecified atom stereocenters. The maximum absolute atomic E-state index is 12.8. The highest BCUT2D eigenvalue weighted by Crippen LogP contribution is 2.27. The van der Waals surface area contributed by atoms with Crippen molar-refractivity contribution in [3.63, 3.8) is 0 Å². The Morgan fingerprint density at radius 2 is 1.20 bits per heavy atom. The van der Waals surface area contributed by atoms with Gasteiger partial charge >= 0.3 is 11.9 Å². The smallest absolute Gasteiger partial charge is 0.376 e. The minimum absolute atomic E-state index is 0.0348. The van der Waals surface area contributed by atoms with Gasteiger partial charge in [-0.15, -0.1) is 0 Å². The van der Waals surface area contributed by atoms with Crippen LogP contribution in [0.1, 0.15) is 22.6 Å². The number of carbonyl (C=O) groups excluding carboxylic acids is 3. The molecule has 0 bridgehead atoms. The van der Waals surface area contributed by atoms with E-state index >= 15 is 0 Å². The van der Waals surface area contributed by atoms with E-state index in [-0.39, 0.29) is 23.8 Å². The third-order valence-electron chi connectivity index (χ3n) is 4.35. The first-order valence-electron chi connectivity index (χ1n) is 9.26. The number of halogens is 1. The van der Waals surface area contributed by atoms with Gasteiger partial charge in [-0.05, 0) is 22.8 Å². The molecule has 0 aliphatic carbocycles. The zero-order valence-electron chi connectivity index (χ0n) is 16.0. The molecule has 1 atom stereocenters. The minimum atomic E-state index is -1.51. The first-order valence-corrected chi connectivity index (χ1v) is 9.64. The van der Waals surface area contributed by atoms with Gasteiger partial charge in [0.1, 0.15) is 13.2 Å². The minimum Gasteiger partial charge on any atom is -0.460 e. The number of benzene rings is 3. The maximum atomic E-state index is 12.8. The summed E-state index contributed by atoms with van der Waals surface area (Å²) in [6.07, 6.45) is 0. The second-order valence-corrected chi connectivity index (χ2v) is 6.88. The molecule has 0 saturated heterocycles. The van der Waals surface area contributed by atoms with E-state index in [0.29, 0.717) is 0 Å². The predicted octanol–water partition coefficient (Wildman–Crippen LogP) is 4.48. The van der Waals surface area contributed by atoms with Crippen molar-refractivity contribution in [1.29, 1.82) is 0 Å². The molecule has 0 heterocycles. The molecule has 0 amide bonds. The van der Waals surface area contributed by atoms with Gasteiger partial charge in [0.25, 0.3) is 5.78 Å². The van der Waals surface area contributed by atoms with Crippen LogP contribution >= 0.6 is 11.6 Å². The van der Waals surface area contributed by atoms with E-state index in [1.54, 1.807) is 60.7 Å². The Hall–Kier alpha value is -3.44. The van der Waals surface area contributed by atoms with Crippen LogP contribution in [0.4, 0.5) is 0 Å². The van der Waals surface area contributed by atoms with Crippen molar-refractivity contribution >= 4 is 29.3 Å². The standard InChI is InChI=1S/C24H19ClO5/c25-20-14-8-7-13-19(20)21(23(27)29-15-17-9-3-1-4-10-17)22(26)24(28)30-16-18-11-5-2-6-12-18/h1-14,21H,15-16H2/t21-/m0/s1. The third-order valence-corrected chi connectivity index (χ3v) is 4.70. The van der Waals surface area contributed by atoms with Gasteiger partial charge in [0.2, 0.25) is 0 Å². The zero-order chi connectivity index (χ0) is 21.3. The van der Waals surface area contributed by atoms with E-state index in [0.717, 1.165) is 11.1 Å². The lowest BCUT2D eigenvalue weighted by molar-refractivity contribution is -0.160. The van der Waals surface area contributed by atoms with Gasteiger partial charge in [0.15, 0.2) is 5.92 Å². The average molecular weight is 423 g/mol. The van der Waals surface area contributed by atoms with Gasteiger partial charge in [-0.2, -0.15) is 0 Å². The summed E-state index contributed by atoms with van der Waals surface area (Å²) in [6, 6.07) is 24.3. The second-order valence-electron chi connectivity index (χ2n) is 6.47. The fraction of sp³-hybridized carbons (Fsp3) is 0.125. The number of Topliss-reactive ketones (excluding diaryl/α,β-unsaturated/α-hetero) is 1. The Bertz CT molecular complexity index is 1020. The van der Waals surface area contributed by atoms with Crippen molar-refractivity contribution in [1.82, 2.24) is 0 Å². The number of rotatable bonds is 8. The molecule has 0 saturated carbocycles. The molecule has 30 heavy (non-hydrogen) atoms. The van der Waals surface area contributed by atoms with Crippen molar-refractivity contribution < 1.29 is 23.9 Å². The summed E-state index contributed by atoms with van der Waals surface area (Å²) in [5.74, 6) is -4.53. The van der Waals surface area contributed by atoms with Gasteiger partial charge in [0, 0.05) is 5.02 Å². The third kappa shape index (κ3) is 5.55. The summed E-state index contributed by atoms with van der Waals surface area (Å²) in [5.41, 5.74) is 1.67. The molecular weight excluding hydrogens is 404 g/mol. The first-order chi connectivity index (χ1) is 14.6. The predicted molar refractivity (Wildman–Crippen MR) is 112 cm³/mol. The van der Waals surface area contributed by atoms with Gasteiger partial charge < -0.3 is 9.47 Å². The monoisotopic (exact) mass is 422 g/mol. The highest BCUT2D eigenvalue weighted by atomic mass is 35.5. The van der Waals surface area contributed by atoms with Crippen LogP contribution in [0.3, 0.4) is 0 Å². The van der Waals surface area contributed by atoms with E-state index in [2.05, 4.69) is 0 Å². The molecule has 0 spiro atoms. The van der Waals surface area contributed by atoms with E-state index in [1.165, 1.54) is 12.1 Å². The van der Waals surface area contributed by atoms with E-state index in [9.17, 15) is 14.4 Å². The summed E-state index contributed by atoms with van der Waals surface area (Å²) in [5, 5.41) is 0.184. The van der Waals surface area contributed by atoms with Crippen LogP contribution in [-0.2, 0) is 37.1 Å². The SMILES string of the molecule is O=C(OCc1ccccc1)C(=O)[C@@H](C(=O)OCc1ccccc1)c1ccccc1Cl. The number of esters is 2. The lowest BCUT2D eigenvalue weighted by Crippen LogP contribution is -2.31. The van der Waals surface area contributed by atoms with Crippen molar-refractivity contribution in [3.05, 3.63) is 107 Å². The van der Waals surface area contributed by atoms with Crippen LogP contribution in [-0.4, -0.2) is 17.7 Å². The molecule has 5 nitrogen and oxygen atoms in total. The molecule has 0 aliphatic heterocycles. The number of hydrogen-bond acceptors (Lipinski definition) is 5. The Labute approximate surface area is 179 Å². The van der Waals surface area contributed by atoms with Crippen molar-refractivity contribution in [2.45, 2.75) is 19.1 Å². The Morgan fingerprint density at radius 3 is 1.77 bits per heavy atom. The molecular formula is C24H19ClO5. The normalized spacial score (nSPS) is 11.4. The Balaban J connectivity index is 1.76. The molecule has 0 radical (unpaired) electrons. The molecule has 152 valence electrons. The van der Waals surface area contributed by atoms with E-state index in [1.807, 2.05) is 12.1 Å². The van der Waals surface area contributed by atoms with Gasteiger partial charge in [-0.25, -0.2) is 4.79 Å². The summed E-state index contributed by atoms with van der Waals surface area (Å²) >= 11 is 6.19. The zero-order valence-corrected chi connectivity index (χ0v) is 16.7.